The van der Waals surface area contributed by atoms with Gasteiger partial charge in [-0.05, 0) is 6.92 Å². The van der Waals surface area contributed by atoms with Crippen LogP contribution in [-0.2, 0) is 0 Å². The van der Waals surface area contributed by atoms with Gasteiger partial charge < -0.3 is 5.32 Å². The minimum absolute atomic E-state index is 0.0344. The zero-order valence-corrected chi connectivity index (χ0v) is 7.19. The lowest BCUT2D eigenvalue weighted by molar-refractivity contribution is 0.0119. The minimum atomic E-state index is -2.45. The van der Waals surface area contributed by atoms with Gasteiger partial charge in [0.1, 0.15) is 0 Å². The summed E-state index contributed by atoms with van der Waals surface area (Å²) in [5.74, 6) is -2.45. The predicted octanol–water partition coefficient (Wildman–Crippen LogP) is 0.688. The van der Waals surface area contributed by atoms with E-state index in [1.807, 2.05) is 11.8 Å². The first-order valence-corrected chi connectivity index (χ1v) is 4.42. The third-order valence-electron chi connectivity index (χ3n) is 2.70. The molecule has 0 amide bonds. The highest BCUT2D eigenvalue weighted by atomic mass is 19.3. The van der Waals surface area contributed by atoms with E-state index in [-0.39, 0.29) is 19.0 Å². The molecule has 0 radical (unpaired) electrons. The van der Waals surface area contributed by atoms with E-state index in [0.717, 1.165) is 13.1 Å². The maximum absolute atomic E-state index is 12.9. The average Bonchev–Trinajstić information content (AvgIpc) is 2.21. The summed E-state index contributed by atoms with van der Waals surface area (Å²) < 4.78 is 25.8. The molecule has 1 N–H and O–H groups in total. The molecule has 70 valence electrons. The van der Waals surface area contributed by atoms with E-state index in [0.29, 0.717) is 6.04 Å². The normalized spacial score (nSPS) is 41.2. The molecule has 2 aliphatic heterocycles. The molecular formula is C8H14F2N2. The molecule has 0 spiro atoms. The van der Waals surface area contributed by atoms with Crippen molar-refractivity contribution in [2.45, 2.75) is 31.4 Å². The zero-order valence-electron chi connectivity index (χ0n) is 7.19. The second kappa shape index (κ2) is 2.64. The number of hydrogen-bond acceptors (Lipinski definition) is 2. The van der Waals surface area contributed by atoms with Gasteiger partial charge in [-0.3, -0.25) is 4.90 Å². The molecule has 2 aliphatic rings. The van der Waals surface area contributed by atoms with Crippen molar-refractivity contribution >= 4 is 0 Å². The maximum atomic E-state index is 12.9. The lowest BCUT2D eigenvalue weighted by Gasteiger charge is -2.33. The Labute approximate surface area is 70.9 Å². The highest BCUT2D eigenvalue weighted by Gasteiger charge is 2.46. The molecule has 0 aliphatic carbocycles. The average molecular weight is 176 g/mol. The monoisotopic (exact) mass is 176 g/mol. The summed E-state index contributed by atoms with van der Waals surface area (Å²) in [7, 11) is 0. The van der Waals surface area contributed by atoms with Crippen LogP contribution in [0.2, 0.25) is 0 Å². The number of nitrogens with zero attached hydrogens (tertiary/aromatic N) is 1. The first-order chi connectivity index (χ1) is 5.57. The molecule has 2 rings (SSSR count). The van der Waals surface area contributed by atoms with E-state index in [2.05, 4.69) is 5.32 Å². The molecule has 2 nitrogen and oxygen atoms in total. The number of hydrogen-bond donors (Lipinski definition) is 1. The second-order valence-corrected chi connectivity index (χ2v) is 3.95. The Morgan fingerprint density at radius 2 is 2.25 bits per heavy atom. The van der Waals surface area contributed by atoms with Crippen molar-refractivity contribution in [2.24, 2.45) is 0 Å². The summed E-state index contributed by atoms with van der Waals surface area (Å²) in [6, 6.07) is 0.423. The predicted molar refractivity (Wildman–Crippen MR) is 42.4 cm³/mol. The molecular weight excluding hydrogens is 162 g/mol. The minimum Gasteiger partial charge on any atom is -0.311 e. The molecule has 0 aromatic carbocycles. The van der Waals surface area contributed by atoms with Crippen molar-refractivity contribution in [2.75, 3.05) is 19.6 Å². The van der Waals surface area contributed by atoms with Crippen molar-refractivity contribution in [3.8, 4) is 0 Å². The summed E-state index contributed by atoms with van der Waals surface area (Å²) in [6.07, 6.45) is 0.0344. The van der Waals surface area contributed by atoms with Gasteiger partial charge in [0, 0.05) is 31.6 Å². The maximum Gasteiger partial charge on any atom is 0.262 e. The van der Waals surface area contributed by atoms with Gasteiger partial charge in [-0.15, -0.1) is 0 Å². The summed E-state index contributed by atoms with van der Waals surface area (Å²) in [5.41, 5.74) is 0. The van der Waals surface area contributed by atoms with Crippen molar-refractivity contribution in [1.82, 2.24) is 10.2 Å². The number of rotatable bonds is 0. The fraction of sp³-hybridized carbons (Fsp3) is 1.00. The largest absolute Gasteiger partial charge is 0.311 e. The summed E-state index contributed by atoms with van der Waals surface area (Å²) in [5, 5.41) is 3.22. The van der Waals surface area contributed by atoms with Crippen LogP contribution >= 0.6 is 0 Å². The van der Waals surface area contributed by atoms with Crippen LogP contribution in [0.5, 0.6) is 0 Å². The summed E-state index contributed by atoms with van der Waals surface area (Å²) in [6.45, 7) is 3.48. The quantitative estimate of drug-likeness (QED) is 0.584. The number of fused-ring (bicyclic) bond motifs is 1. The van der Waals surface area contributed by atoms with E-state index in [9.17, 15) is 8.78 Å². The number of halogens is 2. The lowest BCUT2D eigenvalue weighted by Crippen LogP contribution is -2.52. The Balaban J connectivity index is 2.02. The van der Waals surface area contributed by atoms with Crippen molar-refractivity contribution in [1.29, 1.82) is 0 Å². The van der Waals surface area contributed by atoms with Crippen LogP contribution < -0.4 is 5.32 Å². The van der Waals surface area contributed by atoms with Gasteiger partial charge >= 0.3 is 0 Å². The molecule has 2 heterocycles. The molecule has 0 aromatic heterocycles. The molecule has 2 fully saturated rings. The van der Waals surface area contributed by atoms with E-state index in [1.54, 1.807) is 0 Å². The fourth-order valence-corrected chi connectivity index (χ4v) is 2.13. The first-order valence-electron chi connectivity index (χ1n) is 4.42. The fourth-order valence-electron chi connectivity index (χ4n) is 2.13. The highest BCUT2D eigenvalue weighted by Crippen LogP contribution is 2.32. The van der Waals surface area contributed by atoms with E-state index in [1.165, 1.54) is 0 Å². The molecule has 0 bridgehead atoms. The molecule has 2 saturated heterocycles. The number of alkyl halides is 2. The Morgan fingerprint density at radius 1 is 1.50 bits per heavy atom. The van der Waals surface area contributed by atoms with Crippen LogP contribution in [0.1, 0.15) is 13.3 Å². The standard InChI is InChI=1S/C8H14F2N2/c1-6-4-12-5-8(9,10)2-7(12)3-11-6/h6-7,11H,2-5H2,1H3/t6-,7+/m1/s1. The van der Waals surface area contributed by atoms with Crippen LogP contribution in [0.4, 0.5) is 8.78 Å². The smallest absolute Gasteiger partial charge is 0.262 e. The van der Waals surface area contributed by atoms with Crippen molar-refractivity contribution < 1.29 is 8.78 Å². The van der Waals surface area contributed by atoms with Crippen molar-refractivity contribution in [3.63, 3.8) is 0 Å². The molecule has 2 atom stereocenters. The molecule has 4 heteroatoms. The lowest BCUT2D eigenvalue weighted by atomic mass is 10.1. The zero-order chi connectivity index (χ0) is 8.77. The van der Waals surface area contributed by atoms with Crippen LogP contribution in [-0.4, -0.2) is 42.5 Å². The first kappa shape index (κ1) is 8.38. The van der Waals surface area contributed by atoms with Crippen LogP contribution in [0.3, 0.4) is 0 Å². The number of nitrogens with one attached hydrogen (secondary N) is 1. The highest BCUT2D eigenvalue weighted by molar-refractivity contribution is 4.95. The van der Waals surface area contributed by atoms with Gasteiger partial charge in [-0.2, -0.15) is 0 Å². The van der Waals surface area contributed by atoms with Gasteiger partial charge in [0.2, 0.25) is 0 Å². The van der Waals surface area contributed by atoms with Crippen LogP contribution in [0.15, 0.2) is 0 Å². The van der Waals surface area contributed by atoms with Crippen molar-refractivity contribution in [3.05, 3.63) is 0 Å². The van der Waals surface area contributed by atoms with E-state index >= 15 is 0 Å². The topological polar surface area (TPSA) is 15.3 Å². The molecule has 0 saturated carbocycles. The second-order valence-electron chi connectivity index (χ2n) is 3.95. The Bertz CT molecular complexity index is 184. The third kappa shape index (κ3) is 1.45. The third-order valence-corrected chi connectivity index (χ3v) is 2.70. The summed E-state index contributed by atoms with van der Waals surface area (Å²) in [4.78, 5) is 1.90. The van der Waals surface area contributed by atoms with Crippen LogP contribution in [0, 0.1) is 0 Å². The SMILES string of the molecule is C[C@@H]1CN2CC(F)(F)C[C@H]2CN1. The molecule has 12 heavy (non-hydrogen) atoms. The van der Waals surface area contributed by atoms with E-state index in [4.69, 9.17) is 0 Å². The van der Waals surface area contributed by atoms with Gasteiger partial charge in [-0.1, -0.05) is 0 Å². The Hall–Kier alpha value is -0.220. The van der Waals surface area contributed by atoms with Gasteiger partial charge in [0.05, 0.1) is 6.54 Å². The van der Waals surface area contributed by atoms with Gasteiger partial charge in [-0.25, -0.2) is 8.78 Å². The Morgan fingerprint density at radius 3 is 3.00 bits per heavy atom. The number of piperazine rings is 1. The van der Waals surface area contributed by atoms with E-state index < -0.39 is 5.92 Å². The summed E-state index contributed by atoms with van der Waals surface area (Å²) >= 11 is 0. The molecule has 0 aromatic rings. The van der Waals surface area contributed by atoms with Crippen LogP contribution in [0.25, 0.3) is 0 Å². The van der Waals surface area contributed by atoms with Gasteiger partial charge in [0.25, 0.3) is 5.92 Å². The van der Waals surface area contributed by atoms with Gasteiger partial charge in [0.15, 0.2) is 0 Å². The molecule has 0 unspecified atom stereocenters. The Kier molecular flexibility index (Phi) is 1.84.